The third-order valence-electron chi connectivity index (χ3n) is 4.02. The van der Waals surface area contributed by atoms with Gasteiger partial charge in [-0.15, -0.1) is 0 Å². The molecule has 3 heteroatoms. The fourth-order valence-corrected chi connectivity index (χ4v) is 2.85. The highest BCUT2D eigenvalue weighted by Gasteiger charge is 2.26. The zero-order valence-corrected chi connectivity index (χ0v) is 11.5. The van der Waals surface area contributed by atoms with Crippen molar-refractivity contribution in [3.8, 4) is 6.07 Å². The molecule has 3 rings (SSSR count). The lowest BCUT2D eigenvalue weighted by atomic mass is 9.81. The average molecular weight is 263 g/mol. The number of hydrogen-bond donors (Lipinski definition) is 1. The van der Waals surface area contributed by atoms with Gasteiger partial charge in [0.1, 0.15) is 11.9 Å². The summed E-state index contributed by atoms with van der Waals surface area (Å²) in [5, 5.41) is 12.3. The molecule has 0 amide bonds. The molecule has 1 aromatic carbocycles. The summed E-state index contributed by atoms with van der Waals surface area (Å²) < 4.78 is 0. The zero-order chi connectivity index (χ0) is 13.9. The summed E-state index contributed by atoms with van der Waals surface area (Å²) in [5.74, 6) is 1.40. The normalized spacial score (nSPS) is 20.8. The predicted molar refractivity (Wildman–Crippen MR) is 79.2 cm³/mol. The standard InChI is InChI=1S/C17H17N3/c1-12-6-8-14-4-2-3-5-15(14)17(12)20-16-9-7-13(10-18)11-19-16/h2-5,7,9,11-12,17H,6,8H2,1H3,(H,19,20). The van der Waals surface area contributed by atoms with Crippen LogP contribution in [0.4, 0.5) is 5.82 Å². The number of nitrogens with zero attached hydrogens (tertiary/aromatic N) is 2. The summed E-state index contributed by atoms with van der Waals surface area (Å²) in [6.45, 7) is 2.28. The summed E-state index contributed by atoms with van der Waals surface area (Å²) in [7, 11) is 0. The third kappa shape index (κ3) is 2.37. The quantitative estimate of drug-likeness (QED) is 0.899. The van der Waals surface area contributed by atoms with Crippen molar-refractivity contribution in [2.24, 2.45) is 5.92 Å². The molecule has 1 aromatic heterocycles. The lowest BCUT2D eigenvalue weighted by Crippen LogP contribution is -2.25. The minimum atomic E-state index is 0.292. The van der Waals surface area contributed by atoms with Gasteiger partial charge < -0.3 is 5.32 Å². The van der Waals surface area contributed by atoms with Crippen molar-refractivity contribution in [3.63, 3.8) is 0 Å². The SMILES string of the molecule is CC1CCc2ccccc2C1Nc1ccc(C#N)cn1. The largest absolute Gasteiger partial charge is 0.363 e. The molecule has 1 aliphatic rings. The van der Waals surface area contributed by atoms with E-state index in [0.29, 0.717) is 17.5 Å². The number of anilines is 1. The molecule has 2 unspecified atom stereocenters. The van der Waals surface area contributed by atoms with Crippen molar-refractivity contribution in [2.75, 3.05) is 5.32 Å². The number of fused-ring (bicyclic) bond motifs is 1. The average Bonchev–Trinajstić information content (AvgIpc) is 2.51. The van der Waals surface area contributed by atoms with E-state index >= 15 is 0 Å². The molecular formula is C17H17N3. The smallest absolute Gasteiger partial charge is 0.126 e. The Morgan fingerprint density at radius 3 is 2.85 bits per heavy atom. The Bertz CT molecular complexity index is 640. The van der Waals surface area contributed by atoms with Crippen LogP contribution in [0.3, 0.4) is 0 Å². The van der Waals surface area contributed by atoms with Crippen LogP contribution in [0.15, 0.2) is 42.6 Å². The van der Waals surface area contributed by atoms with Crippen LogP contribution in [0.5, 0.6) is 0 Å². The maximum atomic E-state index is 8.81. The van der Waals surface area contributed by atoms with Crippen molar-refractivity contribution in [3.05, 3.63) is 59.3 Å². The molecule has 0 spiro atoms. The number of hydrogen-bond acceptors (Lipinski definition) is 3. The molecule has 1 aliphatic carbocycles. The number of aryl methyl sites for hydroxylation is 1. The molecule has 2 atom stereocenters. The van der Waals surface area contributed by atoms with E-state index in [1.807, 2.05) is 6.07 Å². The number of aromatic nitrogens is 1. The Morgan fingerprint density at radius 2 is 2.10 bits per heavy atom. The zero-order valence-electron chi connectivity index (χ0n) is 11.5. The first-order chi connectivity index (χ1) is 9.78. The second-order valence-electron chi connectivity index (χ2n) is 5.38. The molecule has 3 nitrogen and oxygen atoms in total. The second-order valence-corrected chi connectivity index (χ2v) is 5.38. The van der Waals surface area contributed by atoms with Gasteiger partial charge in [-0.3, -0.25) is 0 Å². The van der Waals surface area contributed by atoms with Crippen LogP contribution in [0.1, 0.15) is 36.1 Å². The van der Waals surface area contributed by atoms with E-state index in [0.717, 1.165) is 12.2 Å². The fraction of sp³-hybridized carbons (Fsp3) is 0.294. The Kier molecular flexibility index (Phi) is 3.39. The van der Waals surface area contributed by atoms with Crippen molar-refractivity contribution in [1.82, 2.24) is 4.98 Å². The van der Waals surface area contributed by atoms with Crippen LogP contribution < -0.4 is 5.32 Å². The van der Waals surface area contributed by atoms with E-state index in [4.69, 9.17) is 5.26 Å². The maximum absolute atomic E-state index is 8.81. The number of rotatable bonds is 2. The Labute approximate surface area is 119 Å². The molecule has 0 fully saturated rings. The minimum absolute atomic E-state index is 0.292. The van der Waals surface area contributed by atoms with E-state index in [9.17, 15) is 0 Å². The molecule has 1 N–H and O–H groups in total. The molecule has 0 aliphatic heterocycles. The van der Waals surface area contributed by atoms with Crippen molar-refractivity contribution in [1.29, 1.82) is 5.26 Å². The minimum Gasteiger partial charge on any atom is -0.363 e. The number of nitriles is 1. The molecule has 2 aromatic rings. The van der Waals surface area contributed by atoms with Gasteiger partial charge in [0.25, 0.3) is 0 Å². The highest BCUT2D eigenvalue weighted by atomic mass is 15.0. The van der Waals surface area contributed by atoms with Gasteiger partial charge in [-0.1, -0.05) is 31.2 Å². The molecule has 0 saturated heterocycles. The van der Waals surface area contributed by atoms with E-state index in [-0.39, 0.29) is 0 Å². The second kappa shape index (κ2) is 5.34. The fourth-order valence-electron chi connectivity index (χ4n) is 2.85. The summed E-state index contributed by atoms with van der Waals surface area (Å²) in [5.41, 5.74) is 3.39. The summed E-state index contributed by atoms with van der Waals surface area (Å²) >= 11 is 0. The van der Waals surface area contributed by atoms with Crippen LogP contribution in [0, 0.1) is 17.2 Å². The molecule has 100 valence electrons. The number of nitrogens with one attached hydrogen (secondary N) is 1. The van der Waals surface area contributed by atoms with Gasteiger partial charge in [0.05, 0.1) is 11.6 Å². The first-order valence-electron chi connectivity index (χ1n) is 6.98. The van der Waals surface area contributed by atoms with E-state index in [1.54, 1.807) is 12.3 Å². The third-order valence-corrected chi connectivity index (χ3v) is 4.02. The van der Waals surface area contributed by atoms with Gasteiger partial charge in [-0.25, -0.2) is 4.98 Å². The Balaban J connectivity index is 1.87. The summed E-state index contributed by atoms with van der Waals surface area (Å²) in [6.07, 6.45) is 3.95. The summed E-state index contributed by atoms with van der Waals surface area (Å²) in [4.78, 5) is 4.32. The van der Waals surface area contributed by atoms with Gasteiger partial charge >= 0.3 is 0 Å². The van der Waals surface area contributed by atoms with Gasteiger partial charge in [0, 0.05) is 6.20 Å². The van der Waals surface area contributed by atoms with Crippen LogP contribution in [0.25, 0.3) is 0 Å². The molecule has 1 heterocycles. The monoisotopic (exact) mass is 263 g/mol. The van der Waals surface area contributed by atoms with E-state index in [2.05, 4.69) is 47.6 Å². The first kappa shape index (κ1) is 12.7. The molecule has 20 heavy (non-hydrogen) atoms. The molecule has 0 radical (unpaired) electrons. The van der Waals surface area contributed by atoms with Gasteiger partial charge in [0.15, 0.2) is 0 Å². The van der Waals surface area contributed by atoms with Crippen LogP contribution in [0.2, 0.25) is 0 Å². The van der Waals surface area contributed by atoms with Crippen LogP contribution >= 0.6 is 0 Å². The molecular weight excluding hydrogens is 246 g/mol. The van der Waals surface area contributed by atoms with Gasteiger partial charge in [0.2, 0.25) is 0 Å². The number of benzene rings is 1. The maximum Gasteiger partial charge on any atom is 0.126 e. The lowest BCUT2D eigenvalue weighted by Gasteiger charge is -2.32. The van der Waals surface area contributed by atoms with Crippen LogP contribution in [-0.2, 0) is 6.42 Å². The Hall–Kier alpha value is -2.34. The van der Waals surface area contributed by atoms with Gasteiger partial charge in [-0.2, -0.15) is 5.26 Å². The number of pyridine rings is 1. The summed E-state index contributed by atoms with van der Waals surface area (Å²) in [6, 6.07) is 14.7. The van der Waals surface area contributed by atoms with Gasteiger partial charge in [-0.05, 0) is 42.0 Å². The Morgan fingerprint density at radius 1 is 1.25 bits per heavy atom. The molecule has 0 bridgehead atoms. The lowest BCUT2D eigenvalue weighted by molar-refractivity contribution is 0.433. The predicted octanol–water partition coefficient (Wildman–Crippen LogP) is 3.69. The van der Waals surface area contributed by atoms with Crippen molar-refractivity contribution in [2.45, 2.75) is 25.8 Å². The highest BCUT2D eigenvalue weighted by Crippen LogP contribution is 2.36. The van der Waals surface area contributed by atoms with Crippen LogP contribution in [-0.4, -0.2) is 4.98 Å². The highest BCUT2D eigenvalue weighted by molar-refractivity contribution is 5.44. The van der Waals surface area contributed by atoms with E-state index in [1.165, 1.54) is 17.5 Å². The topological polar surface area (TPSA) is 48.7 Å². The first-order valence-corrected chi connectivity index (χ1v) is 6.98. The molecule has 0 saturated carbocycles. The van der Waals surface area contributed by atoms with Crippen molar-refractivity contribution >= 4 is 5.82 Å². The van der Waals surface area contributed by atoms with Crippen molar-refractivity contribution < 1.29 is 0 Å². The van der Waals surface area contributed by atoms with E-state index < -0.39 is 0 Å².